The molecule has 0 unspecified atom stereocenters. The number of carbonyl (C=O) groups is 1. The zero-order chi connectivity index (χ0) is 9.84. The summed E-state index contributed by atoms with van der Waals surface area (Å²) in [5, 5.41) is 0.487. The van der Waals surface area contributed by atoms with Crippen molar-refractivity contribution in [2.24, 2.45) is 5.73 Å². The number of rotatable bonds is 3. The number of primary amides is 1. The van der Waals surface area contributed by atoms with Crippen molar-refractivity contribution < 1.29 is 9.53 Å². The number of amides is 1. The topological polar surface area (TPSA) is 52.3 Å². The number of ether oxygens (including phenoxy) is 1. The molecule has 3 nitrogen and oxygen atoms in total. The van der Waals surface area contributed by atoms with Gasteiger partial charge in [0.1, 0.15) is 5.75 Å². The van der Waals surface area contributed by atoms with E-state index in [2.05, 4.69) is 0 Å². The van der Waals surface area contributed by atoms with E-state index in [0.29, 0.717) is 16.3 Å². The summed E-state index contributed by atoms with van der Waals surface area (Å²) in [6.07, 6.45) is 0.143. The van der Waals surface area contributed by atoms with Crippen molar-refractivity contribution in [3.63, 3.8) is 0 Å². The molecular formula is C9H10ClNO2. The van der Waals surface area contributed by atoms with Crippen LogP contribution in [0, 0.1) is 0 Å². The molecule has 0 aliphatic rings. The van der Waals surface area contributed by atoms with E-state index in [4.69, 9.17) is 22.1 Å². The first-order valence-electron chi connectivity index (χ1n) is 3.75. The van der Waals surface area contributed by atoms with E-state index in [9.17, 15) is 4.79 Å². The fourth-order valence-corrected chi connectivity index (χ4v) is 1.38. The van der Waals surface area contributed by atoms with Crippen LogP contribution < -0.4 is 10.5 Å². The molecule has 1 aromatic rings. The molecule has 0 fully saturated rings. The molecule has 1 amide bonds. The van der Waals surface area contributed by atoms with Gasteiger partial charge in [0, 0.05) is 5.56 Å². The van der Waals surface area contributed by atoms with Crippen LogP contribution in [0.3, 0.4) is 0 Å². The fraction of sp³-hybridized carbons (Fsp3) is 0.222. The van der Waals surface area contributed by atoms with Crippen molar-refractivity contribution in [1.82, 2.24) is 0 Å². The van der Waals surface area contributed by atoms with Crippen LogP contribution in [0.15, 0.2) is 18.2 Å². The summed E-state index contributed by atoms with van der Waals surface area (Å²) < 4.78 is 5.04. The summed E-state index contributed by atoms with van der Waals surface area (Å²) in [5.74, 6) is 0.114. The monoisotopic (exact) mass is 199 g/mol. The number of carbonyl (C=O) groups excluding carboxylic acids is 1. The molecule has 0 aromatic heterocycles. The Morgan fingerprint density at radius 2 is 2.31 bits per heavy atom. The molecule has 0 aliphatic heterocycles. The van der Waals surface area contributed by atoms with Gasteiger partial charge in [-0.3, -0.25) is 4.79 Å². The predicted octanol–water partition coefficient (Wildman–Crippen LogP) is 1.38. The fourth-order valence-electron chi connectivity index (χ4n) is 1.11. The number of halogens is 1. The maximum absolute atomic E-state index is 10.7. The van der Waals surface area contributed by atoms with Crippen LogP contribution in [0.1, 0.15) is 5.56 Å². The van der Waals surface area contributed by atoms with Gasteiger partial charge < -0.3 is 10.5 Å². The zero-order valence-corrected chi connectivity index (χ0v) is 7.97. The van der Waals surface area contributed by atoms with Crippen LogP contribution in [-0.2, 0) is 11.2 Å². The van der Waals surface area contributed by atoms with Gasteiger partial charge in [-0.15, -0.1) is 0 Å². The summed E-state index contributed by atoms with van der Waals surface area (Å²) >= 11 is 5.84. The standard InChI is InChI=1S/C9H10ClNO2/c1-13-9-6(5-8(11)12)3-2-4-7(9)10/h2-4H,5H2,1H3,(H2,11,12). The molecule has 0 bridgehead atoms. The van der Waals surface area contributed by atoms with E-state index in [1.54, 1.807) is 18.2 Å². The van der Waals surface area contributed by atoms with Crippen molar-refractivity contribution in [1.29, 1.82) is 0 Å². The Morgan fingerprint density at radius 3 is 2.85 bits per heavy atom. The molecule has 0 saturated heterocycles. The van der Waals surface area contributed by atoms with Gasteiger partial charge in [-0.25, -0.2) is 0 Å². The lowest BCUT2D eigenvalue weighted by Crippen LogP contribution is -2.14. The summed E-state index contributed by atoms with van der Waals surface area (Å²) in [6.45, 7) is 0. The molecule has 0 heterocycles. The zero-order valence-electron chi connectivity index (χ0n) is 7.21. The summed E-state index contributed by atoms with van der Waals surface area (Å²) in [4.78, 5) is 10.7. The van der Waals surface area contributed by atoms with Crippen LogP contribution in [0.2, 0.25) is 5.02 Å². The second-order valence-electron chi connectivity index (χ2n) is 2.58. The van der Waals surface area contributed by atoms with Gasteiger partial charge in [0.05, 0.1) is 18.6 Å². The van der Waals surface area contributed by atoms with Gasteiger partial charge in [-0.1, -0.05) is 23.7 Å². The number of benzene rings is 1. The van der Waals surface area contributed by atoms with E-state index >= 15 is 0 Å². The van der Waals surface area contributed by atoms with Crippen LogP contribution >= 0.6 is 11.6 Å². The van der Waals surface area contributed by atoms with Gasteiger partial charge in [0.25, 0.3) is 0 Å². The molecule has 2 N–H and O–H groups in total. The molecule has 1 aromatic carbocycles. The predicted molar refractivity (Wildman–Crippen MR) is 50.9 cm³/mol. The first kappa shape index (κ1) is 9.86. The van der Waals surface area contributed by atoms with Gasteiger partial charge in [-0.05, 0) is 6.07 Å². The highest BCUT2D eigenvalue weighted by molar-refractivity contribution is 6.32. The number of methoxy groups -OCH3 is 1. The minimum atomic E-state index is -0.402. The Kier molecular flexibility index (Phi) is 3.14. The first-order valence-corrected chi connectivity index (χ1v) is 4.12. The van der Waals surface area contributed by atoms with Crippen molar-refractivity contribution in [2.75, 3.05) is 7.11 Å². The van der Waals surface area contributed by atoms with Crippen molar-refractivity contribution in [3.8, 4) is 5.75 Å². The summed E-state index contributed by atoms with van der Waals surface area (Å²) in [5.41, 5.74) is 5.77. The summed E-state index contributed by atoms with van der Waals surface area (Å²) in [6, 6.07) is 5.21. The first-order chi connectivity index (χ1) is 6.15. The lowest BCUT2D eigenvalue weighted by Gasteiger charge is -2.07. The van der Waals surface area contributed by atoms with Crippen molar-refractivity contribution in [2.45, 2.75) is 6.42 Å². The van der Waals surface area contributed by atoms with E-state index in [0.717, 1.165) is 0 Å². The average Bonchev–Trinajstić information content (AvgIpc) is 2.03. The molecule has 4 heteroatoms. The van der Waals surface area contributed by atoms with Crippen LogP contribution in [-0.4, -0.2) is 13.0 Å². The Morgan fingerprint density at radius 1 is 1.62 bits per heavy atom. The third-order valence-electron chi connectivity index (χ3n) is 1.62. The molecule has 0 radical (unpaired) electrons. The highest BCUT2D eigenvalue weighted by Gasteiger charge is 2.08. The van der Waals surface area contributed by atoms with Crippen molar-refractivity contribution >= 4 is 17.5 Å². The minimum Gasteiger partial charge on any atom is -0.495 e. The molecular weight excluding hydrogens is 190 g/mol. The minimum absolute atomic E-state index is 0.143. The normalized spacial score (nSPS) is 9.69. The summed E-state index contributed by atoms with van der Waals surface area (Å²) in [7, 11) is 1.51. The Labute approximate surface area is 81.4 Å². The average molecular weight is 200 g/mol. The molecule has 0 atom stereocenters. The van der Waals surface area contributed by atoms with Crippen molar-refractivity contribution in [3.05, 3.63) is 28.8 Å². The van der Waals surface area contributed by atoms with Gasteiger partial charge in [-0.2, -0.15) is 0 Å². The molecule has 0 spiro atoms. The number of hydrogen-bond acceptors (Lipinski definition) is 2. The lowest BCUT2D eigenvalue weighted by molar-refractivity contribution is -0.117. The highest BCUT2D eigenvalue weighted by Crippen LogP contribution is 2.28. The Bertz CT molecular complexity index is 325. The Hall–Kier alpha value is -1.22. The highest BCUT2D eigenvalue weighted by atomic mass is 35.5. The Balaban J connectivity index is 3.05. The molecule has 1 rings (SSSR count). The largest absolute Gasteiger partial charge is 0.495 e. The molecule has 70 valence electrons. The molecule has 0 saturated carbocycles. The second-order valence-corrected chi connectivity index (χ2v) is 2.98. The maximum atomic E-state index is 10.7. The van der Waals surface area contributed by atoms with E-state index < -0.39 is 5.91 Å². The smallest absolute Gasteiger partial charge is 0.221 e. The number of nitrogens with two attached hydrogens (primary N) is 1. The van der Waals surface area contributed by atoms with Crippen LogP contribution in [0.4, 0.5) is 0 Å². The van der Waals surface area contributed by atoms with Gasteiger partial charge in [0.15, 0.2) is 0 Å². The van der Waals surface area contributed by atoms with E-state index in [1.807, 2.05) is 0 Å². The van der Waals surface area contributed by atoms with Crippen LogP contribution in [0.5, 0.6) is 5.75 Å². The lowest BCUT2D eigenvalue weighted by atomic mass is 10.1. The SMILES string of the molecule is COc1c(Cl)cccc1CC(N)=O. The van der Waals surface area contributed by atoms with E-state index in [1.165, 1.54) is 7.11 Å². The maximum Gasteiger partial charge on any atom is 0.221 e. The van der Waals surface area contributed by atoms with E-state index in [-0.39, 0.29) is 6.42 Å². The number of para-hydroxylation sites is 1. The second kappa shape index (κ2) is 4.14. The molecule has 13 heavy (non-hydrogen) atoms. The third-order valence-corrected chi connectivity index (χ3v) is 1.91. The quantitative estimate of drug-likeness (QED) is 0.800. The van der Waals surface area contributed by atoms with Gasteiger partial charge in [0.2, 0.25) is 5.91 Å². The number of hydrogen-bond donors (Lipinski definition) is 1. The van der Waals surface area contributed by atoms with Crippen LogP contribution in [0.25, 0.3) is 0 Å². The molecule has 0 aliphatic carbocycles. The van der Waals surface area contributed by atoms with Gasteiger partial charge >= 0.3 is 0 Å². The third kappa shape index (κ3) is 2.36.